The number of piperazine rings is 1. The van der Waals surface area contributed by atoms with Crippen LogP contribution in [0.3, 0.4) is 0 Å². The summed E-state index contributed by atoms with van der Waals surface area (Å²) in [4.78, 5) is 14.4. The molecular weight excluding hydrogens is 379 g/mol. The average Bonchev–Trinajstić information content (AvgIpc) is 2.67. The normalized spacial score (nSPS) is 15.3. The Bertz CT molecular complexity index is 864. The molecule has 29 heavy (non-hydrogen) atoms. The molecule has 3 rings (SSSR count). The molecule has 2 aromatic rings. The van der Waals surface area contributed by atoms with Crippen molar-refractivity contribution in [2.24, 2.45) is 0 Å². The number of anilines is 2. The smallest absolute Gasteiger partial charge is 0.367 e. The van der Waals surface area contributed by atoms with Gasteiger partial charge in [0.25, 0.3) is 5.91 Å². The summed E-state index contributed by atoms with van der Waals surface area (Å²) in [5.74, 6) is -0.429. The zero-order valence-corrected chi connectivity index (χ0v) is 16.9. The van der Waals surface area contributed by atoms with Gasteiger partial charge in [0.1, 0.15) is 0 Å². The van der Waals surface area contributed by atoms with Crippen LogP contribution in [0, 0.1) is 0 Å². The van der Waals surface area contributed by atoms with Crippen LogP contribution in [-0.2, 0) is 11.6 Å². The molecule has 0 radical (unpaired) electrons. The summed E-state index contributed by atoms with van der Waals surface area (Å²) in [6.45, 7) is 8.29. The zero-order valence-electron chi connectivity index (χ0n) is 16.9. The Morgan fingerprint density at radius 3 is 2.17 bits per heavy atom. The second kappa shape index (κ2) is 8.06. The summed E-state index contributed by atoms with van der Waals surface area (Å²) < 4.78 is 40.9. The van der Waals surface area contributed by atoms with E-state index < -0.39 is 17.6 Å². The van der Waals surface area contributed by atoms with E-state index in [-0.39, 0.29) is 16.8 Å². The van der Waals surface area contributed by atoms with Crippen LogP contribution in [0.1, 0.15) is 42.3 Å². The molecule has 0 atom stereocenters. The molecule has 1 saturated heterocycles. The largest absolute Gasteiger partial charge is 0.418 e. The second-order valence-corrected chi connectivity index (χ2v) is 8.22. The summed E-state index contributed by atoms with van der Waals surface area (Å²) in [6.07, 6.45) is -4.50. The monoisotopic (exact) mass is 405 g/mol. The number of halogens is 3. The fourth-order valence-corrected chi connectivity index (χ4v) is 3.42. The van der Waals surface area contributed by atoms with Crippen molar-refractivity contribution in [3.05, 3.63) is 59.2 Å². The number of para-hydroxylation sites is 1. The van der Waals surface area contributed by atoms with Crippen molar-refractivity contribution < 1.29 is 18.0 Å². The first-order chi connectivity index (χ1) is 13.6. The Balaban J connectivity index is 1.93. The maximum absolute atomic E-state index is 13.6. The number of nitrogens with one attached hydrogen (secondary N) is 2. The van der Waals surface area contributed by atoms with E-state index in [2.05, 4.69) is 31.4 Å². The molecule has 0 aliphatic carbocycles. The van der Waals surface area contributed by atoms with E-state index in [0.717, 1.165) is 11.6 Å². The molecule has 4 nitrogen and oxygen atoms in total. The number of alkyl halides is 3. The molecule has 0 unspecified atom stereocenters. The number of rotatable bonds is 3. The first kappa shape index (κ1) is 21.2. The molecule has 1 aliphatic rings. The highest BCUT2D eigenvalue weighted by Gasteiger charge is 2.36. The van der Waals surface area contributed by atoms with Gasteiger partial charge >= 0.3 is 6.18 Å². The van der Waals surface area contributed by atoms with Gasteiger partial charge in [-0.2, -0.15) is 13.2 Å². The van der Waals surface area contributed by atoms with Crippen molar-refractivity contribution in [3.63, 3.8) is 0 Å². The summed E-state index contributed by atoms with van der Waals surface area (Å²) in [6, 6.07) is 11.1. The lowest BCUT2D eigenvalue weighted by molar-refractivity contribution is -0.137. The molecule has 1 amide bonds. The molecule has 156 valence electrons. The molecular formula is C22H26F3N3O. The third-order valence-corrected chi connectivity index (χ3v) is 5.04. The van der Waals surface area contributed by atoms with E-state index in [9.17, 15) is 18.0 Å². The molecule has 0 saturated carbocycles. The quantitative estimate of drug-likeness (QED) is 0.780. The van der Waals surface area contributed by atoms with E-state index in [0.29, 0.717) is 31.7 Å². The summed E-state index contributed by atoms with van der Waals surface area (Å²) in [5, 5.41) is 5.83. The Morgan fingerprint density at radius 2 is 1.62 bits per heavy atom. The number of carbonyl (C=O) groups is 1. The van der Waals surface area contributed by atoms with Gasteiger partial charge < -0.3 is 15.5 Å². The minimum Gasteiger partial charge on any atom is -0.367 e. The lowest BCUT2D eigenvalue weighted by atomic mass is 9.86. The van der Waals surface area contributed by atoms with Crippen molar-refractivity contribution in [3.8, 4) is 0 Å². The van der Waals surface area contributed by atoms with Gasteiger partial charge in [-0.1, -0.05) is 39.0 Å². The van der Waals surface area contributed by atoms with Crippen molar-refractivity contribution in [2.75, 3.05) is 36.4 Å². The van der Waals surface area contributed by atoms with Crippen LogP contribution in [0.2, 0.25) is 0 Å². The number of hydrogen-bond donors (Lipinski definition) is 2. The summed E-state index contributed by atoms with van der Waals surface area (Å²) in [7, 11) is 0. The topological polar surface area (TPSA) is 44.4 Å². The number of benzene rings is 2. The molecule has 1 heterocycles. The third kappa shape index (κ3) is 4.90. The minimum atomic E-state index is -4.50. The van der Waals surface area contributed by atoms with Crippen LogP contribution in [0.4, 0.5) is 24.5 Å². The molecule has 7 heteroatoms. The summed E-state index contributed by atoms with van der Waals surface area (Å²) >= 11 is 0. The average molecular weight is 405 g/mol. The van der Waals surface area contributed by atoms with Crippen LogP contribution in [0.5, 0.6) is 0 Å². The molecule has 1 fully saturated rings. The predicted octanol–water partition coefficient (Wildman–Crippen LogP) is 4.66. The van der Waals surface area contributed by atoms with Crippen LogP contribution >= 0.6 is 0 Å². The van der Waals surface area contributed by atoms with Gasteiger partial charge in [-0.15, -0.1) is 0 Å². The van der Waals surface area contributed by atoms with Gasteiger partial charge in [0.05, 0.1) is 16.9 Å². The van der Waals surface area contributed by atoms with Gasteiger partial charge in [-0.05, 0) is 35.2 Å². The summed E-state index contributed by atoms with van der Waals surface area (Å²) in [5.41, 5.74) is 0.898. The Hall–Kier alpha value is -2.54. The molecule has 0 spiro atoms. The van der Waals surface area contributed by atoms with Crippen LogP contribution < -0.4 is 15.5 Å². The minimum absolute atomic E-state index is 0.0289. The lowest BCUT2D eigenvalue weighted by Crippen LogP contribution is -2.44. The van der Waals surface area contributed by atoms with Gasteiger partial charge in [-0.25, -0.2) is 0 Å². The highest BCUT2D eigenvalue weighted by molar-refractivity contribution is 6.06. The molecule has 0 bridgehead atoms. The third-order valence-electron chi connectivity index (χ3n) is 5.04. The predicted molar refractivity (Wildman–Crippen MR) is 110 cm³/mol. The van der Waals surface area contributed by atoms with Gasteiger partial charge in [-0.3, -0.25) is 4.79 Å². The SMILES string of the molecule is CC(C)(C)c1ccc(C(=O)Nc2cccc(C(F)(F)F)c2N2CCNCC2)cc1. The lowest BCUT2D eigenvalue weighted by Gasteiger charge is -2.33. The van der Waals surface area contributed by atoms with Crippen LogP contribution in [0.25, 0.3) is 0 Å². The van der Waals surface area contributed by atoms with E-state index in [1.165, 1.54) is 12.1 Å². The van der Waals surface area contributed by atoms with Gasteiger partial charge in [0.2, 0.25) is 0 Å². The van der Waals surface area contributed by atoms with E-state index in [1.807, 2.05) is 12.1 Å². The fourth-order valence-electron chi connectivity index (χ4n) is 3.42. The Labute approximate surface area is 169 Å². The molecule has 1 aliphatic heterocycles. The Morgan fingerprint density at radius 1 is 1.00 bits per heavy atom. The Kier molecular flexibility index (Phi) is 5.89. The van der Waals surface area contributed by atoms with E-state index >= 15 is 0 Å². The first-order valence-corrected chi connectivity index (χ1v) is 9.65. The molecule has 0 aromatic heterocycles. The molecule has 2 aromatic carbocycles. The van der Waals surface area contributed by atoms with Crippen LogP contribution in [-0.4, -0.2) is 32.1 Å². The van der Waals surface area contributed by atoms with E-state index in [1.54, 1.807) is 17.0 Å². The van der Waals surface area contributed by atoms with Crippen molar-refractivity contribution >= 4 is 17.3 Å². The van der Waals surface area contributed by atoms with Gasteiger partial charge in [0, 0.05) is 31.7 Å². The number of hydrogen-bond acceptors (Lipinski definition) is 3. The first-order valence-electron chi connectivity index (χ1n) is 9.65. The maximum Gasteiger partial charge on any atom is 0.418 e. The number of carbonyl (C=O) groups excluding carboxylic acids is 1. The highest BCUT2D eigenvalue weighted by Crippen LogP contribution is 2.41. The second-order valence-electron chi connectivity index (χ2n) is 8.22. The number of amides is 1. The van der Waals surface area contributed by atoms with E-state index in [4.69, 9.17) is 0 Å². The van der Waals surface area contributed by atoms with Gasteiger partial charge in [0.15, 0.2) is 0 Å². The number of nitrogens with zero attached hydrogens (tertiary/aromatic N) is 1. The maximum atomic E-state index is 13.6. The zero-order chi connectivity index (χ0) is 21.2. The van der Waals surface area contributed by atoms with Crippen molar-refractivity contribution in [1.82, 2.24) is 5.32 Å². The molecule has 2 N–H and O–H groups in total. The van der Waals surface area contributed by atoms with Crippen molar-refractivity contribution in [1.29, 1.82) is 0 Å². The van der Waals surface area contributed by atoms with Crippen molar-refractivity contribution in [2.45, 2.75) is 32.4 Å². The van der Waals surface area contributed by atoms with Crippen LogP contribution in [0.15, 0.2) is 42.5 Å². The standard InChI is InChI=1S/C22H26F3N3O/c1-21(2,3)16-9-7-15(8-10-16)20(29)27-18-6-4-5-17(22(23,24)25)19(18)28-13-11-26-12-14-28/h4-10,26H,11-14H2,1-3H3,(H,27,29). The fraction of sp³-hybridized carbons (Fsp3) is 0.409. The highest BCUT2D eigenvalue weighted by atomic mass is 19.4.